The lowest BCUT2D eigenvalue weighted by Crippen LogP contribution is -2.51. The quantitative estimate of drug-likeness (QED) is 0.449. The van der Waals surface area contributed by atoms with E-state index in [-0.39, 0.29) is 49.4 Å². The Kier molecular flexibility index (Phi) is 9.57. The first kappa shape index (κ1) is 28.6. The number of benzene rings is 2. The summed E-state index contributed by atoms with van der Waals surface area (Å²) in [5.41, 5.74) is 2.51. The van der Waals surface area contributed by atoms with Gasteiger partial charge < -0.3 is 20.1 Å². The molecule has 4 rings (SSSR count). The van der Waals surface area contributed by atoms with Gasteiger partial charge in [0, 0.05) is 13.0 Å². The van der Waals surface area contributed by atoms with Gasteiger partial charge in [-0.2, -0.15) is 0 Å². The largest absolute Gasteiger partial charge is 0.463 e. The second kappa shape index (κ2) is 13.1. The number of esters is 1. The Hall–Kier alpha value is -3.45. The topological polar surface area (TPSA) is 95.9 Å². The van der Waals surface area contributed by atoms with Gasteiger partial charge in [0.15, 0.2) is 0 Å². The van der Waals surface area contributed by atoms with E-state index in [2.05, 4.69) is 5.32 Å². The second-order valence-electron chi connectivity index (χ2n) is 11.4. The highest BCUT2D eigenvalue weighted by Gasteiger charge is 2.34. The van der Waals surface area contributed by atoms with Crippen molar-refractivity contribution in [2.75, 3.05) is 13.2 Å². The van der Waals surface area contributed by atoms with E-state index in [1.54, 1.807) is 4.90 Å². The van der Waals surface area contributed by atoms with Crippen molar-refractivity contribution in [3.05, 3.63) is 83.4 Å². The molecule has 39 heavy (non-hydrogen) atoms. The van der Waals surface area contributed by atoms with Crippen molar-refractivity contribution in [2.24, 2.45) is 11.8 Å². The summed E-state index contributed by atoms with van der Waals surface area (Å²) < 4.78 is 5.70. The van der Waals surface area contributed by atoms with Gasteiger partial charge in [-0.3, -0.25) is 14.4 Å². The van der Waals surface area contributed by atoms with E-state index in [1.165, 1.54) is 0 Å². The predicted molar refractivity (Wildman–Crippen MR) is 149 cm³/mol. The van der Waals surface area contributed by atoms with Crippen molar-refractivity contribution in [1.29, 1.82) is 0 Å². The van der Waals surface area contributed by atoms with Gasteiger partial charge >= 0.3 is 5.97 Å². The van der Waals surface area contributed by atoms with Gasteiger partial charge in [0.1, 0.15) is 6.61 Å². The molecule has 2 aromatic rings. The Morgan fingerprint density at radius 2 is 1.74 bits per heavy atom. The van der Waals surface area contributed by atoms with Crippen LogP contribution < -0.4 is 5.32 Å². The summed E-state index contributed by atoms with van der Waals surface area (Å²) >= 11 is 0. The van der Waals surface area contributed by atoms with Crippen LogP contribution in [0.25, 0.3) is 0 Å². The third kappa shape index (κ3) is 7.79. The molecule has 2 aromatic carbocycles. The number of hydrogen-bond donors (Lipinski definition) is 2. The van der Waals surface area contributed by atoms with Gasteiger partial charge in [-0.05, 0) is 62.6 Å². The molecule has 7 nitrogen and oxygen atoms in total. The molecule has 208 valence electrons. The van der Waals surface area contributed by atoms with Crippen LogP contribution in [0.3, 0.4) is 0 Å². The average Bonchev–Trinajstić information content (AvgIpc) is 2.94. The molecule has 0 aromatic heterocycles. The maximum atomic E-state index is 13.5. The number of allylic oxidation sites excluding steroid dienone is 2. The Bertz CT molecular complexity index is 1180. The minimum Gasteiger partial charge on any atom is -0.463 e. The number of fused-ring (bicyclic) bond motifs is 1. The van der Waals surface area contributed by atoms with Crippen molar-refractivity contribution in [3.63, 3.8) is 0 Å². The number of carbonyl (C=O) groups is 3. The molecule has 0 fully saturated rings. The van der Waals surface area contributed by atoms with Crippen molar-refractivity contribution in [2.45, 2.75) is 70.5 Å². The Labute approximate surface area is 231 Å². The normalized spacial score (nSPS) is 23.9. The summed E-state index contributed by atoms with van der Waals surface area (Å²) in [5, 5.41) is 13.0. The van der Waals surface area contributed by atoms with Crippen molar-refractivity contribution < 1.29 is 24.2 Å². The average molecular weight is 533 g/mol. The molecular formula is C32H40N2O5. The summed E-state index contributed by atoms with van der Waals surface area (Å²) in [6.07, 6.45) is 6.91. The van der Waals surface area contributed by atoms with E-state index in [4.69, 9.17) is 4.74 Å². The zero-order chi connectivity index (χ0) is 27.8. The fraction of sp³-hybridized carbons (Fsp3) is 0.469. The molecule has 0 unspecified atom stereocenters. The zero-order valence-corrected chi connectivity index (χ0v) is 23.0. The number of hydrogen-bond acceptors (Lipinski definition) is 5. The lowest BCUT2D eigenvalue weighted by molar-refractivity contribution is -0.151. The molecule has 2 aliphatic rings. The number of nitrogens with one attached hydrogen (secondary N) is 1. The van der Waals surface area contributed by atoms with Crippen LogP contribution in [0.5, 0.6) is 0 Å². The predicted octanol–water partition coefficient (Wildman–Crippen LogP) is 3.98. The van der Waals surface area contributed by atoms with E-state index >= 15 is 0 Å². The summed E-state index contributed by atoms with van der Waals surface area (Å²) in [4.78, 5) is 41.6. The van der Waals surface area contributed by atoms with E-state index < -0.39 is 11.5 Å². The second-order valence-corrected chi connectivity index (χ2v) is 11.4. The van der Waals surface area contributed by atoms with Crippen LogP contribution >= 0.6 is 0 Å². The lowest BCUT2D eigenvalue weighted by atomic mass is 9.92. The van der Waals surface area contributed by atoms with Gasteiger partial charge in [-0.1, -0.05) is 66.7 Å². The lowest BCUT2D eigenvalue weighted by Gasteiger charge is -2.37. The molecule has 7 heteroatoms. The van der Waals surface area contributed by atoms with Gasteiger partial charge in [0.2, 0.25) is 11.8 Å². The van der Waals surface area contributed by atoms with Crippen LogP contribution in [-0.2, 0) is 38.5 Å². The van der Waals surface area contributed by atoms with Crippen LogP contribution in [0.4, 0.5) is 0 Å². The maximum Gasteiger partial charge on any atom is 0.309 e. The number of aliphatic hydroxyl groups is 1. The number of nitrogens with zero attached hydrogens (tertiary/aromatic N) is 1. The molecular weight excluding hydrogens is 492 g/mol. The van der Waals surface area contributed by atoms with Crippen LogP contribution in [-0.4, -0.2) is 52.6 Å². The SMILES string of the molecule is CC1(C)COC(=O)[C@@H](Cc2ccccc2)CCC=CC[C@H](CC(=O)N2Cc3ccccc3C[C@H]2CO)C(=O)N1. The van der Waals surface area contributed by atoms with Gasteiger partial charge in [0.05, 0.1) is 30.0 Å². The smallest absolute Gasteiger partial charge is 0.309 e. The van der Waals surface area contributed by atoms with Gasteiger partial charge in [0.25, 0.3) is 0 Å². The third-order valence-electron chi connectivity index (χ3n) is 7.64. The first-order valence-electron chi connectivity index (χ1n) is 13.9. The van der Waals surface area contributed by atoms with Gasteiger partial charge in [-0.25, -0.2) is 0 Å². The van der Waals surface area contributed by atoms with Crippen LogP contribution in [0.15, 0.2) is 66.7 Å². The van der Waals surface area contributed by atoms with Crippen molar-refractivity contribution in [3.8, 4) is 0 Å². The minimum absolute atomic E-state index is 0.0430. The third-order valence-corrected chi connectivity index (χ3v) is 7.64. The fourth-order valence-electron chi connectivity index (χ4n) is 5.37. The molecule has 2 amide bonds. The highest BCUT2D eigenvalue weighted by molar-refractivity contribution is 5.86. The molecule has 0 spiro atoms. The summed E-state index contributed by atoms with van der Waals surface area (Å²) in [7, 11) is 0. The summed E-state index contributed by atoms with van der Waals surface area (Å²) in [6, 6.07) is 17.6. The molecule has 3 atom stereocenters. The first-order chi connectivity index (χ1) is 18.8. The number of amides is 2. The summed E-state index contributed by atoms with van der Waals surface area (Å²) in [5.74, 6) is -1.50. The Balaban J connectivity index is 1.47. The van der Waals surface area contributed by atoms with Crippen molar-refractivity contribution in [1.82, 2.24) is 10.2 Å². The highest BCUT2D eigenvalue weighted by Crippen LogP contribution is 2.26. The molecule has 2 aliphatic heterocycles. The van der Waals surface area contributed by atoms with Crippen molar-refractivity contribution >= 4 is 17.8 Å². The molecule has 0 saturated heterocycles. The number of carbonyl (C=O) groups excluding carboxylic acids is 3. The van der Waals surface area contributed by atoms with Crippen LogP contribution in [0.2, 0.25) is 0 Å². The number of rotatable bonds is 5. The van der Waals surface area contributed by atoms with E-state index in [1.807, 2.05) is 80.6 Å². The number of aliphatic hydroxyl groups excluding tert-OH is 1. The van der Waals surface area contributed by atoms with E-state index in [9.17, 15) is 19.5 Å². The van der Waals surface area contributed by atoms with Crippen LogP contribution in [0.1, 0.15) is 56.2 Å². The molecule has 0 bridgehead atoms. The van der Waals surface area contributed by atoms with Crippen LogP contribution in [0, 0.1) is 11.8 Å². The first-order valence-corrected chi connectivity index (χ1v) is 13.9. The minimum atomic E-state index is -0.791. The Morgan fingerprint density at radius 3 is 2.49 bits per heavy atom. The monoisotopic (exact) mass is 532 g/mol. The highest BCUT2D eigenvalue weighted by atomic mass is 16.5. The summed E-state index contributed by atoms with van der Waals surface area (Å²) in [6.45, 7) is 3.99. The molecule has 0 aliphatic carbocycles. The number of ether oxygens (including phenoxy) is 1. The molecule has 0 saturated carbocycles. The molecule has 2 N–H and O–H groups in total. The molecule has 0 radical (unpaired) electrons. The fourth-order valence-corrected chi connectivity index (χ4v) is 5.37. The van der Waals surface area contributed by atoms with Gasteiger partial charge in [-0.15, -0.1) is 0 Å². The van der Waals surface area contributed by atoms with E-state index in [0.29, 0.717) is 38.6 Å². The maximum absolute atomic E-state index is 13.5. The zero-order valence-electron chi connectivity index (χ0n) is 23.0. The van der Waals surface area contributed by atoms with E-state index in [0.717, 1.165) is 16.7 Å². The molecule has 2 heterocycles. The number of cyclic esters (lactones) is 1. The Morgan fingerprint density at radius 1 is 1.03 bits per heavy atom. The standard InChI is InChI=1S/C32H40N2O5/c1-32(2)22-39-31(38)26(17-23-11-5-3-6-12-23)15-8-4-7-14-25(30(37)33-32)19-29(36)34-20-27-16-10-9-13-24(27)18-28(34)21-35/h3-7,9-13,16,25-26,28,35H,8,14-15,17-22H2,1-2H3,(H,33,37)/t25-,26-,28+/m1/s1.